The minimum absolute atomic E-state index is 0.110. The molecule has 0 saturated carbocycles. The molecule has 14 nitrogen and oxygen atoms in total. The van der Waals surface area contributed by atoms with E-state index in [4.69, 9.17) is 9.47 Å². The molecule has 49 heavy (non-hydrogen) atoms. The first-order chi connectivity index (χ1) is 23.8. The number of methoxy groups -OCH3 is 2. The maximum absolute atomic E-state index is 13.0. The van der Waals surface area contributed by atoms with Crippen molar-refractivity contribution in [3.05, 3.63) is 59.9 Å². The van der Waals surface area contributed by atoms with E-state index in [1.165, 1.54) is 0 Å². The number of piperidine rings is 1. The van der Waals surface area contributed by atoms with E-state index >= 15 is 0 Å². The summed E-state index contributed by atoms with van der Waals surface area (Å²) in [6, 6.07) is 12.0. The second-order valence-electron chi connectivity index (χ2n) is 12.0. The Labute approximate surface area is 294 Å². The molecular formula is C33H36N10O4Se2. The van der Waals surface area contributed by atoms with E-state index < -0.39 is 0 Å². The zero-order chi connectivity index (χ0) is 34.1. The number of nitrogens with zero attached hydrogens (tertiary/aromatic N) is 7. The van der Waals surface area contributed by atoms with Crippen molar-refractivity contribution >= 4 is 81.4 Å². The Hall–Kier alpha value is -4.62. The number of hydrogen-bond acceptors (Lipinski definition) is 10. The van der Waals surface area contributed by atoms with Gasteiger partial charge in [0.1, 0.15) is 0 Å². The Morgan fingerprint density at radius 3 is 1.82 bits per heavy atom. The first kappa shape index (κ1) is 32.9. The predicted octanol–water partition coefficient (Wildman–Crippen LogP) is 2.82. The Kier molecular flexibility index (Phi) is 9.46. The number of aryl methyl sites for hydroxylation is 2. The summed E-state index contributed by atoms with van der Waals surface area (Å²) in [5.74, 6) is 1.29. The van der Waals surface area contributed by atoms with E-state index in [1.807, 2.05) is 72.0 Å². The van der Waals surface area contributed by atoms with Crippen molar-refractivity contribution in [1.82, 2.24) is 29.5 Å². The van der Waals surface area contributed by atoms with Gasteiger partial charge in [0.05, 0.1) is 0 Å². The number of nitrogens with one attached hydrogen (secondary N) is 3. The first-order valence-corrected chi connectivity index (χ1v) is 19.2. The molecule has 254 valence electrons. The van der Waals surface area contributed by atoms with Gasteiger partial charge in [0.15, 0.2) is 0 Å². The standard InChI is InChI=1S/C33H36N10O4Se2/c1-41-17-19(24-15-22(46-3)5-7-26(24)41)13-28(44)35-31-38-37-30(48-31)34-21-9-11-43(12-10-21)33-40-39-32(49-33)36-29(45)14-20-18-42(2)27-8-6-23(47-4)16-25(20)27/h5-8,15-18,21H,9-14H2,1-4H3,(H,34,37)(H,35,38,44)(H,36,39,45). The van der Waals surface area contributed by atoms with Gasteiger partial charge in [-0.15, -0.1) is 0 Å². The molecule has 0 aliphatic carbocycles. The molecule has 5 heterocycles. The molecule has 7 rings (SSSR count). The van der Waals surface area contributed by atoms with E-state index in [0.717, 1.165) is 79.7 Å². The molecule has 3 N–H and O–H groups in total. The average molecular weight is 795 g/mol. The average Bonchev–Trinajstić information content (AvgIpc) is 3.88. The normalized spacial score (nSPS) is 13.6. The molecule has 0 radical (unpaired) electrons. The van der Waals surface area contributed by atoms with Crippen LogP contribution in [0, 0.1) is 0 Å². The Morgan fingerprint density at radius 1 is 0.755 bits per heavy atom. The van der Waals surface area contributed by atoms with Crippen molar-refractivity contribution in [2.45, 2.75) is 31.7 Å². The fraction of sp³-hybridized carbons (Fsp3) is 0.333. The summed E-state index contributed by atoms with van der Waals surface area (Å²) >= 11 is -0.373. The van der Waals surface area contributed by atoms with Crippen molar-refractivity contribution in [2.75, 3.05) is 48.2 Å². The molecule has 1 saturated heterocycles. The summed E-state index contributed by atoms with van der Waals surface area (Å²) in [6.45, 7) is 1.65. The molecule has 6 aromatic rings. The molecule has 0 bridgehead atoms. The van der Waals surface area contributed by atoms with Gasteiger partial charge in [-0.05, 0) is 0 Å². The van der Waals surface area contributed by atoms with E-state index in [0.29, 0.717) is 9.38 Å². The van der Waals surface area contributed by atoms with Gasteiger partial charge >= 0.3 is 295 Å². The third-order valence-corrected chi connectivity index (χ3v) is 12.2. The number of carbonyl (C=O) groups is 2. The predicted molar refractivity (Wildman–Crippen MR) is 190 cm³/mol. The summed E-state index contributed by atoms with van der Waals surface area (Å²) < 4.78 is 17.8. The van der Waals surface area contributed by atoms with Crippen molar-refractivity contribution in [1.29, 1.82) is 0 Å². The number of carbonyl (C=O) groups excluding carboxylic acids is 2. The summed E-state index contributed by atoms with van der Waals surface area (Å²) in [7, 11) is 7.22. The minimum atomic E-state index is -0.202. The number of rotatable bonds is 11. The van der Waals surface area contributed by atoms with Gasteiger partial charge in [-0.3, -0.25) is 0 Å². The van der Waals surface area contributed by atoms with E-state index in [9.17, 15) is 9.59 Å². The van der Waals surface area contributed by atoms with Gasteiger partial charge in [-0.1, -0.05) is 0 Å². The Morgan fingerprint density at radius 2 is 1.27 bits per heavy atom. The molecule has 4 aromatic heterocycles. The summed E-state index contributed by atoms with van der Waals surface area (Å²) in [5.41, 5.74) is 3.96. The van der Waals surface area contributed by atoms with Crippen LogP contribution in [-0.4, -0.2) is 104 Å². The number of fused-ring (bicyclic) bond motifs is 2. The number of amides is 2. The zero-order valence-corrected chi connectivity index (χ0v) is 30.9. The summed E-state index contributed by atoms with van der Waals surface area (Å²) in [4.78, 5) is 28.1. The van der Waals surface area contributed by atoms with Crippen LogP contribution in [-0.2, 0) is 36.5 Å². The molecule has 16 heteroatoms. The van der Waals surface area contributed by atoms with Crippen LogP contribution in [0.25, 0.3) is 21.8 Å². The van der Waals surface area contributed by atoms with Crippen molar-refractivity contribution in [3.8, 4) is 11.5 Å². The monoisotopic (exact) mass is 796 g/mol. The van der Waals surface area contributed by atoms with E-state index in [1.54, 1.807) is 14.2 Å². The van der Waals surface area contributed by atoms with Gasteiger partial charge in [0, 0.05) is 0 Å². The van der Waals surface area contributed by atoms with E-state index in [-0.39, 0.29) is 59.7 Å². The molecule has 1 aliphatic heterocycles. The summed E-state index contributed by atoms with van der Waals surface area (Å²) in [5, 5.41) is 28.8. The second-order valence-corrected chi connectivity index (χ2v) is 16.0. The van der Waals surface area contributed by atoms with Gasteiger partial charge in [0.25, 0.3) is 0 Å². The van der Waals surface area contributed by atoms with Crippen LogP contribution in [0.1, 0.15) is 24.0 Å². The Bertz CT molecular complexity index is 2140. The van der Waals surface area contributed by atoms with Crippen LogP contribution < -0.4 is 30.3 Å². The molecule has 2 amide bonds. The Balaban J connectivity index is 0.885. The quantitative estimate of drug-likeness (QED) is 0.167. The molecule has 0 spiro atoms. The fourth-order valence-electron chi connectivity index (χ4n) is 6.23. The third-order valence-electron chi connectivity index (χ3n) is 8.69. The van der Waals surface area contributed by atoms with Crippen LogP contribution in [0.4, 0.5) is 18.8 Å². The molecule has 1 aliphatic rings. The van der Waals surface area contributed by atoms with Gasteiger partial charge < -0.3 is 0 Å². The number of anilines is 4. The molecule has 0 unspecified atom stereocenters. The number of hydrogen-bond donors (Lipinski definition) is 3. The van der Waals surface area contributed by atoms with Gasteiger partial charge in [-0.25, -0.2) is 0 Å². The van der Waals surface area contributed by atoms with Crippen molar-refractivity contribution in [2.24, 2.45) is 14.1 Å². The number of benzene rings is 2. The summed E-state index contributed by atoms with van der Waals surface area (Å²) in [6.07, 6.45) is 6.25. The van der Waals surface area contributed by atoms with Crippen LogP contribution in [0.5, 0.6) is 11.5 Å². The number of ether oxygens (including phenoxy) is 2. The van der Waals surface area contributed by atoms with E-state index in [2.05, 4.69) is 41.2 Å². The van der Waals surface area contributed by atoms with Crippen LogP contribution in [0.2, 0.25) is 0 Å². The van der Waals surface area contributed by atoms with Crippen LogP contribution in [0.3, 0.4) is 0 Å². The molecule has 2 aromatic carbocycles. The van der Waals surface area contributed by atoms with Gasteiger partial charge in [-0.2, -0.15) is 0 Å². The topological polar surface area (TPSA) is 153 Å². The van der Waals surface area contributed by atoms with Crippen molar-refractivity contribution in [3.63, 3.8) is 0 Å². The van der Waals surface area contributed by atoms with Crippen LogP contribution in [0.15, 0.2) is 48.8 Å². The maximum atomic E-state index is 13.0. The third kappa shape index (κ3) is 7.23. The molecule has 0 atom stereocenters. The molecular weight excluding hydrogens is 758 g/mol. The number of aromatic nitrogens is 6. The zero-order valence-electron chi connectivity index (χ0n) is 27.5. The SMILES string of the molecule is COc1ccc2c(c1)c(CC(=O)Nc1nnc(NC3CCN(c4nnc(NC(=O)Cc5cn(C)c6ccc(OC)cc56)[se]4)CC3)[se]1)cn2C. The van der Waals surface area contributed by atoms with Gasteiger partial charge in [0.2, 0.25) is 0 Å². The fourth-order valence-corrected chi connectivity index (χ4v) is 9.48. The first-order valence-electron chi connectivity index (χ1n) is 15.8. The molecule has 1 fully saturated rings. The van der Waals surface area contributed by atoms with Crippen molar-refractivity contribution < 1.29 is 19.1 Å². The van der Waals surface area contributed by atoms with Crippen LogP contribution >= 0.6 is 0 Å². The second kappa shape index (κ2) is 14.1.